The first-order valence-corrected chi connectivity index (χ1v) is 10.2. The second-order valence-electron chi connectivity index (χ2n) is 7.24. The SMILES string of the molecule is CC(=O)NCCN1C(=S)N(c2ccc(C)cc2)C(=O)C1CC(=O)Nc1ccc(F)cc1. The average Bonchev–Trinajstić information content (AvgIpc) is 2.94. The maximum Gasteiger partial charge on any atom is 0.256 e. The van der Waals surface area contributed by atoms with Gasteiger partial charge in [0.25, 0.3) is 5.91 Å². The van der Waals surface area contributed by atoms with Crippen LogP contribution in [-0.2, 0) is 14.4 Å². The summed E-state index contributed by atoms with van der Waals surface area (Å²) >= 11 is 5.55. The highest BCUT2D eigenvalue weighted by molar-refractivity contribution is 7.80. The van der Waals surface area contributed by atoms with E-state index in [1.807, 2.05) is 19.1 Å². The summed E-state index contributed by atoms with van der Waals surface area (Å²) in [5, 5.41) is 5.63. The molecule has 2 aromatic carbocycles. The normalized spacial score (nSPS) is 15.9. The van der Waals surface area contributed by atoms with Gasteiger partial charge >= 0.3 is 0 Å². The van der Waals surface area contributed by atoms with E-state index in [2.05, 4.69) is 10.6 Å². The lowest BCUT2D eigenvalue weighted by Crippen LogP contribution is -2.42. The molecule has 0 radical (unpaired) electrons. The Bertz CT molecular complexity index is 995. The van der Waals surface area contributed by atoms with Crippen LogP contribution in [0.2, 0.25) is 0 Å². The van der Waals surface area contributed by atoms with Gasteiger partial charge in [0.15, 0.2) is 5.11 Å². The van der Waals surface area contributed by atoms with Crippen LogP contribution in [0.15, 0.2) is 48.5 Å². The Morgan fingerprint density at radius 2 is 1.74 bits per heavy atom. The highest BCUT2D eigenvalue weighted by Crippen LogP contribution is 2.27. The number of anilines is 2. The van der Waals surface area contributed by atoms with E-state index in [0.29, 0.717) is 11.4 Å². The smallest absolute Gasteiger partial charge is 0.256 e. The number of aryl methyl sites for hydroxylation is 1. The molecule has 0 saturated carbocycles. The lowest BCUT2D eigenvalue weighted by molar-refractivity contribution is -0.124. The molecule has 0 aliphatic carbocycles. The van der Waals surface area contributed by atoms with Crippen LogP contribution in [0.25, 0.3) is 0 Å². The van der Waals surface area contributed by atoms with Crippen molar-refractivity contribution in [2.24, 2.45) is 0 Å². The zero-order valence-electron chi connectivity index (χ0n) is 17.2. The molecule has 1 heterocycles. The molecule has 1 fully saturated rings. The van der Waals surface area contributed by atoms with E-state index >= 15 is 0 Å². The number of hydrogen-bond donors (Lipinski definition) is 2. The lowest BCUT2D eigenvalue weighted by atomic mass is 10.1. The standard InChI is InChI=1S/C22H23FN4O3S/c1-14-3-9-18(10-4-14)27-21(30)19(26(22(27)31)12-11-24-15(2)28)13-20(29)25-17-7-5-16(23)6-8-17/h3-10,19H,11-13H2,1-2H3,(H,24,28)(H,25,29). The van der Waals surface area contributed by atoms with E-state index in [9.17, 15) is 18.8 Å². The van der Waals surface area contributed by atoms with Gasteiger partial charge in [-0.25, -0.2) is 4.39 Å². The van der Waals surface area contributed by atoms with Crippen molar-refractivity contribution in [3.8, 4) is 0 Å². The van der Waals surface area contributed by atoms with Crippen LogP contribution < -0.4 is 15.5 Å². The summed E-state index contributed by atoms with van der Waals surface area (Å²) in [6.07, 6.45) is -0.140. The molecule has 7 nitrogen and oxygen atoms in total. The summed E-state index contributed by atoms with van der Waals surface area (Å²) in [6, 6.07) is 11.9. The van der Waals surface area contributed by atoms with Gasteiger partial charge in [0.05, 0.1) is 12.1 Å². The zero-order chi connectivity index (χ0) is 22.5. The van der Waals surface area contributed by atoms with E-state index in [1.54, 1.807) is 17.0 Å². The maximum atomic E-state index is 13.2. The first-order valence-electron chi connectivity index (χ1n) is 9.77. The van der Waals surface area contributed by atoms with Gasteiger partial charge in [-0.2, -0.15) is 0 Å². The number of rotatable bonds is 7. The Morgan fingerprint density at radius 3 is 2.35 bits per heavy atom. The average molecular weight is 443 g/mol. The van der Waals surface area contributed by atoms with Crippen molar-refractivity contribution in [1.29, 1.82) is 0 Å². The number of amides is 3. The second-order valence-corrected chi connectivity index (χ2v) is 7.61. The van der Waals surface area contributed by atoms with Crippen molar-refractivity contribution in [3.63, 3.8) is 0 Å². The van der Waals surface area contributed by atoms with Gasteiger partial charge in [0.1, 0.15) is 11.9 Å². The van der Waals surface area contributed by atoms with Crippen LogP contribution in [0.1, 0.15) is 18.9 Å². The summed E-state index contributed by atoms with van der Waals surface area (Å²) in [5.41, 5.74) is 2.09. The quantitative estimate of drug-likeness (QED) is 0.645. The third-order valence-electron chi connectivity index (χ3n) is 4.84. The molecule has 2 N–H and O–H groups in total. The molecule has 1 atom stereocenters. The van der Waals surface area contributed by atoms with Crippen LogP contribution in [0, 0.1) is 12.7 Å². The molecule has 0 bridgehead atoms. The number of hydrogen-bond acceptors (Lipinski definition) is 4. The van der Waals surface area contributed by atoms with Gasteiger partial charge in [-0.05, 0) is 55.5 Å². The summed E-state index contributed by atoms with van der Waals surface area (Å²) in [6.45, 7) is 3.90. The molecule has 1 unspecified atom stereocenters. The van der Waals surface area contributed by atoms with Crippen LogP contribution in [0.5, 0.6) is 0 Å². The molecule has 162 valence electrons. The molecule has 1 aliphatic rings. The summed E-state index contributed by atoms with van der Waals surface area (Å²) in [7, 11) is 0. The fourth-order valence-corrected chi connectivity index (χ4v) is 3.71. The zero-order valence-corrected chi connectivity index (χ0v) is 18.0. The molecule has 0 spiro atoms. The minimum Gasteiger partial charge on any atom is -0.355 e. The Kier molecular flexibility index (Phi) is 6.96. The minimum absolute atomic E-state index is 0.140. The molecule has 31 heavy (non-hydrogen) atoms. The molecule has 0 aromatic heterocycles. The summed E-state index contributed by atoms with van der Waals surface area (Å²) in [5.74, 6) is -1.32. The number of thiocarbonyl (C=S) groups is 1. The summed E-state index contributed by atoms with van der Waals surface area (Å²) in [4.78, 5) is 40.1. The van der Waals surface area contributed by atoms with Crippen molar-refractivity contribution in [2.75, 3.05) is 23.3 Å². The number of nitrogens with zero attached hydrogens (tertiary/aromatic N) is 2. The fraction of sp³-hybridized carbons (Fsp3) is 0.273. The first-order chi connectivity index (χ1) is 14.8. The third-order valence-corrected chi connectivity index (χ3v) is 5.26. The molecule has 2 aromatic rings. The van der Waals surface area contributed by atoms with Gasteiger partial charge in [-0.3, -0.25) is 19.3 Å². The van der Waals surface area contributed by atoms with Crippen molar-refractivity contribution in [3.05, 3.63) is 59.9 Å². The summed E-state index contributed by atoms with van der Waals surface area (Å²) < 4.78 is 13.1. The maximum absolute atomic E-state index is 13.2. The highest BCUT2D eigenvalue weighted by Gasteiger charge is 2.43. The predicted octanol–water partition coefficient (Wildman–Crippen LogP) is 2.60. The molecule has 3 rings (SSSR count). The van der Waals surface area contributed by atoms with Gasteiger partial charge in [0, 0.05) is 25.7 Å². The van der Waals surface area contributed by atoms with E-state index in [0.717, 1.165) is 5.56 Å². The Morgan fingerprint density at radius 1 is 1.10 bits per heavy atom. The predicted molar refractivity (Wildman–Crippen MR) is 120 cm³/mol. The van der Waals surface area contributed by atoms with Gasteiger partial charge in [-0.15, -0.1) is 0 Å². The van der Waals surface area contributed by atoms with Gasteiger partial charge in [0.2, 0.25) is 11.8 Å². The number of nitrogens with one attached hydrogen (secondary N) is 2. The van der Waals surface area contributed by atoms with Crippen molar-refractivity contribution < 1.29 is 18.8 Å². The Hall–Kier alpha value is -3.33. The molecular weight excluding hydrogens is 419 g/mol. The van der Waals surface area contributed by atoms with Crippen LogP contribution >= 0.6 is 12.2 Å². The second kappa shape index (κ2) is 9.65. The van der Waals surface area contributed by atoms with Crippen molar-refractivity contribution in [1.82, 2.24) is 10.2 Å². The molecule has 9 heteroatoms. The van der Waals surface area contributed by atoms with Gasteiger partial charge < -0.3 is 15.5 Å². The first kappa shape index (κ1) is 22.4. The topological polar surface area (TPSA) is 81.8 Å². The van der Waals surface area contributed by atoms with Crippen molar-refractivity contribution in [2.45, 2.75) is 26.3 Å². The highest BCUT2D eigenvalue weighted by atomic mass is 32.1. The van der Waals surface area contributed by atoms with E-state index < -0.39 is 17.8 Å². The number of carbonyl (C=O) groups excluding carboxylic acids is 3. The third kappa shape index (κ3) is 5.43. The van der Waals surface area contributed by atoms with E-state index in [4.69, 9.17) is 12.2 Å². The monoisotopic (exact) mass is 442 g/mol. The van der Waals surface area contributed by atoms with Crippen LogP contribution in [0.4, 0.5) is 15.8 Å². The molecule has 1 saturated heterocycles. The van der Waals surface area contributed by atoms with E-state index in [-0.39, 0.29) is 36.4 Å². The molecular formula is C22H23FN4O3S. The largest absolute Gasteiger partial charge is 0.355 e. The fourth-order valence-electron chi connectivity index (χ4n) is 3.29. The van der Waals surface area contributed by atoms with Gasteiger partial charge in [-0.1, -0.05) is 17.7 Å². The molecule has 1 aliphatic heterocycles. The number of carbonyl (C=O) groups is 3. The molecule has 3 amide bonds. The number of halogens is 1. The van der Waals surface area contributed by atoms with Crippen LogP contribution in [0.3, 0.4) is 0 Å². The van der Waals surface area contributed by atoms with Crippen molar-refractivity contribution >= 4 is 46.4 Å². The Balaban J connectivity index is 1.79. The Labute approximate surface area is 185 Å². The lowest BCUT2D eigenvalue weighted by Gasteiger charge is -2.24. The van der Waals surface area contributed by atoms with E-state index in [1.165, 1.54) is 36.1 Å². The number of benzene rings is 2. The van der Waals surface area contributed by atoms with Crippen LogP contribution in [-0.4, -0.2) is 46.9 Å². The minimum atomic E-state index is -0.817.